The second kappa shape index (κ2) is 6.75. The Morgan fingerprint density at radius 3 is 2.00 bits per heavy atom. The quantitative estimate of drug-likeness (QED) is 0.789. The fourth-order valence-electron chi connectivity index (χ4n) is 1.75. The first-order valence-electron chi connectivity index (χ1n) is 6.45. The highest BCUT2D eigenvalue weighted by molar-refractivity contribution is 8.14. The summed E-state index contributed by atoms with van der Waals surface area (Å²) in [5.74, 6) is -1.32. The van der Waals surface area contributed by atoms with Gasteiger partial charge in [-0.25, -0.2) is 4.79 Å². The van der Waals surface area contributed by atoms with Crippen molar-refractivity contribution in [3.05, 3.63) is 0 Å². The number of methoxy groups -OCH3 is 1. The topological polar surface area (TPSA) is 63.6 Å². The molecule has 5 heteroatoms. The van der Waals surface area contributed by atoms with E-state index in [2.05, 4.69) is 4.74 Å². The molecule has 0 aliphatic carbocycles. The predicted molar refractivity (Wildman–Crippen MR) is 77.9 cm³/mol. The summed E-state index contributed by atoms with van der Waals surface area (Å²) in [7, 11) is 1.21. The molecular weight excluding hydrogens is 264 g/mol. The summed E-state index contributed by atoms with van der Waals surface area (Å²) in [5.41, 5.74) is -1.78. The maximum atomic E-state index is 12.4. The van der Waals surface area contributed by atoms with Gasteiger partial charge in [-0.1, -0.05) is 46.4 Å². The molecule has 0 spiro atoms. The van der Waals surface area contributed by atoms with E-state index in [-0.39, 0.29) is 15.8 Å². The predicted octanol–water partition coefficient (Wildman–Crippen LogP) is 2.63. The molecule has 19 heavy (non-hydrogen) atoms. The Kier molecular flexibility index (Phi) is 6.55. The minimum absolute atomic E-state index is 0.170. The molecule has 0 fully saturated rings. The van der Waals surface area contributed by atoms with Crippen molar-refractivity contribution in [2.75, 3.05) is 7.11 Å². The standard InChI is InChI=1S/C14H26O4S/c1-9(2)8-10(11(15)19-13(3,4)5)14(6,17)12(16)18-7/h9-10,17H,8H2,1-7H3/t10-,14-/m1/s1. The van der Waals surface area contributed by atoms with Crippen LogP contribution >= 0.6 is 11.8 Å². The van der Waals surface area contributed by atoms with E-state index in [1.54, 1.807) is 0 Å². The Bertz CT molecular complexity index is 329. The van der Waals surface area contributed by atoms with Gasteiger partial charge >= 0.3 is 5.97 Å². The highest BCUT2D eigenvalue weighted by Gasteiger charge is 2.45. The molecule has 0 aromatic carbocycles. The van der Waals surface area contributed by atoms with Crippen molar-refractivity contribution in [1.82, 2.24) is 0 Å². The van der Waals surface area contributed by atoms with Gasteiger partial charge in [-0.15, -0.1) is 0 Å². The van der Waals surface area contributed by atoms with E-state index in [9.17, 15) is 14.7 Å². The zero-order chi connectivity index (χ0) is 15.4. The largest absolute Gasteiger partial charge is 0.467 e. The molecule has 0 aromatic rings. The number of hydrogen-bond acceptors (Lipinski definition) is 5. The Hall–Kier alpha value is -0.550. The van der Waals surface area contributed by atoms with E-state index in [4.69, 9.17) is 0 Å². The van der Waals surface area contributed by atoms with Gasteiger partial charge in [-0.3, -0.25) is 4.79 Å². The van der Waals surface area contributed by atoms with Crippen molar-refractivity contribution in [3.63, 3.8) is 0 Å². The van der Waals surface area contributed by atoms with Gasteiger partial charge in [-0.2, -0.15) is 0 Å². The lowest BCUT2D eigenvalue weighted by Gasteiger charge is -2.31. The Morgan fingerprint density at radius 2 is 1.68 bits per heavy atom. The van der Waals surface area contributed by atoms with Crippen LogP contribution in [0.5, 0.6) is 0 Å². The van der Waals surface area contributed by atoms with E-state index in [1.807, 2.05) is 34.6 Å². The zero-order valence-electron chi connectivity index (χ0n) is 12.9. The fourth-order valence-corrected chi connectivity index (χ4v) is 2.82. The SMILES string of the molecule is COC(=O)[C@](C)(O)[C@H](CC(C)C)C(=O)SC(C)(C)C. The van der Waals surface area contributed by atoms with Gasteiger partial charge in [0.05, 0.1) is 13.0 Å². The van der Waals surface area contributed by atoms with Gasteiger partial charge in [0, 0.05) is 4.75 Å². The van der Waals surface area contributed by atoms with Crippen LogP contribution < -0.4 is 0 Å². The van der Waals surface area contributed by atoms with Crippen molar-refractivity contribution in [2.24, 2.45) is 11.8 Å². The average Bonchev–Trinajstić information content (AvgIpc) is 2.21. The number of rotatable bonds is 5. The molecule has 2 atom stereocenters. The van der Waals surface area contributed by atoms with Crippen molar-refractivity contribution in [3.8, 4) is 0 Å². The summed E-state index contributed by atoms with van der Waals surface area (Å²) in [4.78, 5) is 24.0. The highest BCUT2D eigenvalue weighted by atomic mass is 32.2. The molecule has 112 valence electrons. The molecule has 0 unspecified atom stereocenters. The number of ether oxygens (including phenoxy) is 1. The lowest BCUT2D eigenvalue weighted by molar-refractivity contribution is -0.168. The van der Waals surface area contributed by atoms with Gasteiger partial charge in [0.15, 0.2) is 10.7 Å². The number of aliphatic hydroxyl groups is 1. The monoisotopic (exact) mass is 290 g/mol. The van der Waals surface area contributed by atoms with Gasteiger partial charge < -0.3 is 9.84 Å². The minimum Gasteiger partial charge on any atom is -0.467 e. The van der Waals surface area contributed by atoms with E-state index >= 15 is 0 Å². The van der Waals surface area contributed by atoms with Crippen LogP contribution in [-0.2, 0) is 14.3 Å². The molecule has 0 aliphatic heterocycles. The summed E-state index contributed by atoms with van der Waals surface area (Å²) in [6, 6.07) is 0. The van der Waals surface area contributed by atoms with E-state index in [0.717, 1.165) is 11.8 Å². The molecule has 0 aliphatic rings. The molecule has 0 bridgehead atoms. The molecule has 0 aromatic heterocycles. The third-order valence-electron chi connectivity index (χ3n) is 2.68. The van der Waals surface area contributed by atoms with Gasteiger partial charge in [0.25, 0.3) is 0 Å². The van der Waals surface area contributed by atoms with Crippen LogP contribution in [-0.4, -0.2) is 33.6 Å². The van der Waals surface area contributed by atoms with Gasteiger partial charge in [-0.05, 0) is 19.3 Å². The van der Waals surface area contributed by atoms with Crippen LogP contribution in [0, 0.1) is 11.8 Å². The summed E-state index contributed by atoms with van der Waals surface area (Å²) < 4.78 is 4.36. The highest BCUT2D eigenvalue weighted by Crippen LogP contribution is 2.35. The zero-order valence-corrected chi connectivity index (χ0v) is 13.8. The molecule has 0 amide bonds. The molecule has 0 saturated heterocycles. The molecule has 0 saturated carbocycles. The van der Waals surface area contributed by atoms with Gasteiger partial charge in [0.2, 0.25) is 0 Å². The number of esters is 1. The first kappa shape index (κ1) is 18.4. The minimum atomic E-state index is -1.78. The summed E-state index contributed by atoms with van der Waals surface area (Å²) in [6.07, 6.45) is 0.448. The number of carbonyl (C=O) groups excluding carboxylic acids is 2. The first-order chi connectivity index (χ1) is 8.41. The van der Waals surface area contributed by atoms with Crippen LogP contribution in [0.15, 0.2) is 0 Å². The van der Waals surface area contributed by atoms with Crippen molar-refractivity contribution in [2.45, 2.75) is 58.3 Å². The maximum Gasteiger partial charge on any atom is 0.338 e. The Morgan fingerprint density at radius 1 is 1.21 bits per heavy atom. The summed E-state index contributed by atoms with van der Waals surface area (Å²) in [5, 5.41) is 10.2. The van der Waals surface area contributed by atoms with Gasteiger partial charge in [0.1, 0.15) is 0 Å². The van der Waals surface area contributed by atoms with E-state index < -0.39 is 17.5 Å². The Balaban J connectivity index is 5.21. The van der Waals surface area contributed by atoms with Crippen LogP contribution in [0.2, 0.25) is 0 Å². The lowest BCUT2D eigenvalue weighted by atomic mass is 9.83. The molecule has 1 N–H and O–H groups in total. The summed E-state index contributed by atoms with van der Waals surface area (Å²) >= 11 is 1.15. The molecule has 0 rings (SSSR count). The summed E-state index contributed by atoms with van der Waals surface area (Å²) in [6.45, 7) is 11.0. The fraction of sp³-hybridized carbons (Fsp3) is 0.857. The third kappa shape index (κ3) is 5.95. The smallest absolute Gasteiger partial charge is 0.338 e. The maximum absolute atomic E-state index is 12.4. The Labute approximate surface area is 120 Å². The molecular formula is C14H26O4S. The molecule has 4 nitrogen and oxygen atoms in total. The second-order valence-corrected chi connectivity index (χ2v) is 8.19. The van der Waals surface area contributed by atoms with E-state index in [0.29, 0.717) is 6.42 Å². The van der Waals surface area contributed by atoms with Crippen LogP contribution in [0.3, 0.4) is 0 Å². The van der Waals surface area contributed by atoms with Crippen molar-refractivity contribution in [1.29, 1.82) is 0 Å². The second-order valence-electron chi connectivity index (χ2n) is 6.35. The third-order valence-corrected chi connectivity index (χ3v) is 3.77. The number of carbonyl (C=O) groups is 2. The molecule has 0 heterocycles. The number of hydrogen-bond donors (Lipinski definition) is 1. The van der Waals surface area contributed by atoms with Crippen LogP contribution in [0.1, 0.15) is 48.0 Å². The normalized spacial score (nSPS) is 16.9. The van der Waals surface area contributed by atoms with Crippen LogP contribution in [0.25, 0.3) is 0 Å². The number of thioether (sulfide) groups is 1. The lowest BCUT2D eigenvalue weighted by Crippen LogP contribution is -2.47. The molecule has 0 radical (unpaired) electrons. The van der Waals surface area contributed by atoms with Crippen molar-refractivity contribution >= 4 is 22.8 Å². The van der Waals surface area contributed by atoms with E-state index in [1.165, 1.54) is 14.0 Å². The van der Waals surface area contributed by atoms with Crippen LogP contribution in [0.4, 0.5) is 0 Å². The first-order valence-corrected chi connectivity index (χ1v) is 7.27. The van der Waals surface area contributed by atoms with Crippen molar-refractivity contribution < 1.29 is 19.4 Å². The average molecular weight is 290 g/mol.